The minimum atomic E-state index is -3.31. The quantitative estimate of drug-likeness (QED) is 0.680. The van der Waals surface area contributed by atoms with Gasteiger partial charge in [0.2, 0.25) is 5.91 Å². The summed E-state index contributed by atoms with van der Waals surface area (Å²) in [7, 11) is 0. The van der Waals surface area contributed by atoms with Crippen molar-refractivity contribution in [3.63, 3.8) is 0 Å². The Bertz CT molecular complexity index is 982. The monoisotopic (exact) mass is 433 g/mol. The van der Waals surface area contributed by atoms with Gasteiger partial charge in [0.05, 0.1) is 6.04 Å². The van der Waals surface area contributed by atoms with Gasteiger partial charge < -0.3 is 21.1 Å². The molecule has 1 unspecified atom stereocenters. The number of alkyl halides is 2. The largest absolute Gasteiger partial charge is 0.433 e. The molecule has 166 valence electrons. The van der Waals surface area contributed by atoms with Crippen molar-refractivity contribution in [1.82, 2.24) is 14.7 Å². The van der Waals surface area contributed by atoms with Crippen molar-refractivity contribution in [3.05, 3.63) is 42.5 Å². The summed E-state index contributed by atoms with van der Waals surface area (Å²) in [6.45, 7) is 5.27. The van der Waals surface area contributed by atoms with E-state index >= 15 is 0 Å². The zero-order chi connectivity index (χ0) is 22.8. The summed E-state index contributed by atoms with van der Waals surface area (Å²) in [5.41, 5.74) is 12.6. The number of nitrogens with two attached hydrogens (primary N) is 2. The number of ether oxygens (including phenoxy) is 1. The predicted molar refractivity (Wildman–Crippen MR) is 112 cm³/mol. The number of aromatic nitrogens is 2. The van der Waals surface area contributed by atoms with Crippen molar-refractivity contribution >= 4 is 17.6 Å². The molecule has 1 aromatic heterocycles. The third-order valence-corrected chi connectivity index (χ3v) is 5.15. The average Bonchev–Trinajstić information content (AvgIpc) is 2.87. The Morgan fingerprint density at radius 1 is 1.26 bits per heavy atom. The molecule has 10 heteroatoms. The van der Waals surface area contributed by atoms with Crippen LogP contribution in [0.3, 0.4) is 0 Å². The Balaban J connectivity index is 1.91. The molecule has 1 aliphatic rings. The molecule has 0 bridgehead atoms. The number of anilines is 1. The zero-order valence-corrected chi connectivity index (χ0v) is 17.2. The van der Waals surface area contributed by atoms with Crippen molar-refractivity contribution in [2.75, 3.05) is 18.8 Å². The Kier molecular flexibility index (Phi) is 6.28. The van der Waals surface area contributed by atoms with Gasteiger partial charge in [0.1, 0.15) is 22.8 Å². The third-order valence-electron chi connectivity index (χ3n) is 5.15. The number of carbonyl (C=O) groups is 2. The van der Waals surface area contributed by atoms with Crippen molar-refractivity contribution in [3.8, 4) is 17.0 Å². The second-order valence-electron chi connectivity index (χ2n) is 7.47. The molecule has 2 heterocycles. The molecule has 0 saturated carbocycles. The van der Waals surface area contributed by atoms with E-state index in [1.807, 2.05) is 0 Å². The number of nitrogens with zero attached hydrogens (tertiary/aromatic N) is 3. The molecule has 0 radical (unpaired) electrons. The van der Waals surface area contributed by atoms with E-state index in [1.165, 1.54) is 30.3 Å². The van der Waals surface area contributed by atoms with Gasteiger partial charge in [-0.25, -0.2) is 4.68 Å². The summed E-state index contributed by atoms with van der Waals surface area (Å²) < 4.78 is 32.2. The first-order valence-electron chi connectivity index (χ1n) is 9.87. The van der Waals surface area contributed by atoms with E-state index in [4.69, 9.17) is 11.5 Å². The summed E-state index contributed by atoms with van der Waals surface area (Å²) >= 11 is 0. The van der Waals surface area contributed by atoms with Crippen LogP contribution >= 0.6 is 0 Å². The van der Waals surface area contributed by atoms with Crippen molar-refractivity contribution < 1.29 is 23.1 Å². The smallest absolute Gasteiger partial charge is 0.394 e. The van der Waals surface area contributed by atoms with Crippen LogP contribution < -0.4 is 16.2 Å². The predicted octanol–water partition coefficient (Wildman–Crippen LogP) is 2.96. The lowest BCUT2D eigenvalue weighted by molar-refractivity contribution is -0.158. The van der Waals surface area contributed by atoms with Gasteiger partial charge in [-0.3, -0.25) is 9.59 Å². The molecule has 3 rings (SSSR count). The number of nitrogen functional groups attached to an aromatic ring is 1. The first kappa shape index (κ1) is 22.3. The summed E-state index contributed by atoms with van der Waals surface area (Å²) in [5, 5.41) is 4.54. The topological polar surface area (TPSA) is 116 Å². The number of hydrogen-bond donors (Lipinski definition) is 2. The summed E-state index contributed by atoms with van der Waals surface area (Å²) in [4.78, 5) is 25.7. The molecule has 31 heavy (non-hydrogen) atoms. The van der Waals surface area contributed by atoms with Crippen LogP contribution in [0, 0.1) is 0 Å². The van der Waals surface area contributed by atoms with Gasteiger partial charge in [-0.2, -0.15) is 13.9 Å². The summed E-state index contributed by atoms with van der Waals surface area (Å²) in [6.07, 6.45) is 0.0201. The van der Waals surface area contributed by atoms with Crippen LogP contribution in [0.15, 0.2) is 36.9 Å². The van der Waals surface area contributed by atoms with Gasteiger partial charge in [-0.05, 0) is 49.6 Å². The first-order valence-corrected chi connectivity index (χ1v) is 9.87. The van der Waals surface area contributed by atoms with Crippen LogP contribution in [-0.4, -0.2) is 45.7 Å². The molecular weight excluding hydrogens is 408 g/mol. The number of benzene rings is 1. The fourth-order valence-corrected chi connectivity index (χ4v) is 3.73. The molecule has 1 aliphatic heterocycles. The summed E-state index contributed by atoms with van der Waals surface area (Å²) in [6, 6.07) is 5.61. The number of amides is 2. The molecule has 2 aromatic rings. The van der Waals surface area contributed by atoms with Gasteiger partial charge in [0.15, 0.2) is 0 Å². The lowest BCUT2D eigenvalue weighted by Gasteiger charge is -2.19. The van der Waals surface area contributed by atoms with Crippen LogP contribution in [0.4, 0.5) is 14.6 Å². The third kappa shape index (κ3) is 5.01. The molecular formula is C21H25F2N5O3. The van der Waals surface area contributed by atoms with E-state index < -0.39 is 12.0 Å². The second kappa shape index (κ2) is 8.75. The van der Waals surface area contributed by atoms with E-state index in [-0.39, 0.29) is 34.8 Å². The molecule has 8 nitrogen and oxygen atoms in total. The molecule has 1 atom stereocenters. The highest BCUT2D eigenvalue weighted by molar-refractivity contribution is 6.03. The highest BCUT2D eigenvalue weighted by atomic mass is 19.3. The maximum atomic E-state index is 13.1. The number of primary amides is 1. The minimum absolute atomic E-state index is 0.0278. The maximum absolute atomic E-state index is 13.1. The van der Waals surface area contributed by atoms with Gasteiger partial charge >= 0.3 is 6.11 Å². The van der Waals surface area contributed by atoms with Gasteiger partial charge in [0.25, 0.3) is 5.91 Å². The second-order valence-corrected chi connectivity index (χ2v) is 7.47. The van der Waals surface area contributed by atoms with Crippen LogP contribution in [0.2, 0.25) is 0 Å². The summed E-state index contributed by atoms with van der Waals surface area (Å²) in [5.74, 6) is -0.764. The normalized spacial score (nSPS) is 17.1. The lowest BCUT2D eigenvalue weighted by atomic mass is 10.1. The fourth-order valence-electron chi connectivity index (χ4n) is 3.73. The maximum Gasteiger partial charge on any atom is 0.394 e. The number of carbonyl (C=O) groups excluding carboxylic acids is 2. The van der Waals surface area contributed by atoms with E-state index in [9.17, 15) is 18.4 Å². The number of halogens is 2. The highest BCUT2D eigenvalue weighted by Gasteiger charge is 2.28. The van der Waals surface area contributed by atoms with Gasteiger partial charge in [0, 0.05) is 25.6 Å². The van der Waals surface area contributed by atoms with Crippen molar-refractivity contribution in [1.29, 1.82) is 0 Å². The minimum Gasteiger partial charge on any atom is -0.433 e. The first-order chi connectivity index (χ1) is 14.6. The molecule has 2 amide bonds. The van der Waals surface area contributed by atoms with E-state index in [0.29, 0.717) is 38.4 Å². The Morgan fingerprint density at radius 2 is 1.94 bits per heavy atom. The molecule has 1 saturated heterocycles. The highest BCUT2D eigenvalue weighted by Crippen LogP contribution is 2.33. The lowest BCUT2D eigenvalue weighted by Crippen LogP contribution is -2.30. The zero-order valence-electron chi connectivity index (χ0n) is 17.2. The molecule has 1 aromatic carbocycles. The number of hydrogen-bond acceptors (Lipinski definition) is 5. The van der Waals surface area contributed by atoms with Crippen LogP contribution in [-0.2, 0) is 4.79 Å². The van der Waals surface area contributed by atoms with Crippen LogP contribution in [0.5, 0.6) is 5.75 Å². The standard InChI is InChI=1S/C21H25F2N5O3/c1-3-16(29)27-11-4-5-14(10-12-27)28-19(24)17(20(25)30)18(26-28)13-6-8-15(9-7-13)31-21(2,22)23/h3,6-9,14H,1,4-5,10-12,24H2,2H3,(H2,25,30). The molecule has 0 spiro atoms. The number of likely N-dealkylation sites (tertiary alicyclic amines) is 1. The molecule has 0 aliphatic carbocycles. The van der Waals surface area contributed by atoms with E-state index in [0.717, 1.165) is 6.42 Å². The van der Waals surface area contributed by atoms with Gasteiger partial charge in [-0.15, -0.1) is 0 Å². The number of rotatable bonds is 6. The molecule has 4 N–H and O–H groups in total. The van der Waals surface area contributed by atoms with Crippen LogP contribution in [0.25, 0.3) is 11.3 Å². The van der Waals surface area contributed by atoms with Crippen molar-refractivity contribution in [2.24, 2.45) is 5.73 Å². The van der Waals surface area contributed by atoms with Crippen LogP contribution in [0.1, 0.15) is 42.6 Å². The Hall–Kier alpha value is -3.43. The SMILES string of the molecule is C=CC(=O)N1CCCC(n2nc(-c3ccc(OC(C)(F)F)cc3)c(C(N)=O)c2N)CC1. The van der Waals surface area contributed by atoms with E-state index in [2.05, 4.69) is 16.4 Å². The average molecular weight is 433 g/mol. The Morgan fingerprint density at radius 3 is 2.52 bits per heavy atom. The molecule has 1 fully saturated rings. The van der Waals surface area contributed by atoms with Gasteiger partial charge in [-0.1, -0.05) is 6.58 Å². The van der Waals surface area contributed by atoms with Crippen molar-refractivity contribution in [2.45, 2.75) is 38.3 Å². The fraction of sp³-hybridized carbons (Fsp3) is 0.381. The van der Waals surface area contributed by atoms with E-state index in [1.54, 1.807) is 9.58 Å². The Labute approximate surface area is 178 Å².